The van der Waals surface area contributed by atoms with Gasteiger partial charge in [-0.05, 0) is 35.7 Å². The molecule has 0 bridgehead atoms. The summed E-state index contributed by atoms with van der Waals surface area (Å²) in [4.78, 5) is 11.4. The van der Waals surface area contributed by atoms with Crippen molar-refractivity contribution in [2.75, 3.05) is 5.32 Å². The van der Waals surface area contributed by atoms with E-state index in [9.17, 15) is 0 Å². The minimum Gasteiger partial charge on any atom is -0.358 e. The number of thiophene rings is 3. The third-order valence-electron chi connectivity index (χ3n) is 3.77. The van der Waals surface area contributed by atoms with Crippen LogP contribution in [-0.2, 0) is 5.75 Å². The maximum absolute atomic E-state index is 4.85. The predicted octanol–water partition coefficient (Wildman–Crippen LogP) is 7.31. The van der Waals surface area contributed by atoms with Gasteiger partial charge < -0.3 is 5.32 Å². The Bertz CT molecular complexity index is 986. The number of rotatable bonds is 4. The summed E-state index contributed by atoms with van der Waals surface area (Å²) in [7, 11) is 0. The molecule has 0 radical (unpaired) electrons. The highest BCUT2D eigenvalue weighted by molar-refractivity contribution is 8.00. The van der Waals surface area contributed by atoms with E-state index in [1.165, 1.54) is 29.4 Å². The van der Waals surface area contributed by atoms with Gasteiger partial charge in [0.15, 0.2) is 0 Å². The third kappa shape index (κ3) is 3.09. The summed E-state index contributed by atoms with van der Waals surface area (Å²) in [5.41, 5.74) is 0. The number of fused-ring (bicyclic) bond motifs is 1. The highest BCUT2D eigenvalue weighted by Gasteiger charge is 2.28. The largest absolute Gasteiger partial charge is 0.358 e. The van der Waals surface area contributed by atoms with E-state index in [0.717, 1.165) is 15.8 Å². The summed E-state index contributed by atoms with van der Waals surface area (Å²) in [6, 6.07) is 13.0. The Hall–Kier alpha value is -0.770. The molecule has 1 unspecified atom stereocenters. The monoisotopic (exact) mass is 436 g/mol. The summed E-state index contributed by atoms with van der Waals surface area (Å²) < 4.78 is 0. The summed E-state index contributed by atoms with van der Waals surface area (Å²) in [5.74, 6) is 0.787. The molecule has 0 amide bonds. The number of nitrogens with zero attached hydrogens (tertiary/aromatic N) is 1. The highest BCUT2D eigenvalue weighted by Crippen LogP contribution is 2.52. The van der Waals surface area contributed by atoms with E-state index in [1.807, 2.05) is 23.1 Å². The first-order valence-electron chi connectivity index (χ1n) is 7.58. The zero-order valence-electron chi connectivity index (χ0n) is 12.8. The SMILES string of the molecule is SCc1ccc(-c2nc3c(s2)NC(c2ccc(-c4cccs4)s2)S3)s1. The Morgan fingerprint density at radius 3 is 2.68 bits per heavy atom. The minimum absolute atomic E-state index is 0.276. The molecule has 0 fully saturated rings. The van der Waals surface area contributed by atoms with Gasteiger partial charge in [0.25, 0.3) is 0 Å². The van der Waals surface area contributed by atoms with E-state index in [2.05, 4.69) is 59.7 Å². The van der Waals surface area contributed by atoms with Gasteiger partial charge in [0, 0.05) is 25.3 Å². The van der Waals surface area contributed by atoms with Crippen LogP contribution in [0.25, 0.3) is 19.6 Å². The fraction of sp³-hybridized carbons (Fsp3) is 0.118. The maximum Gasteiger partial charge on any atom is 0.136 e. The molecule has 1 atom stereocenters. The lowest BCUT2D eigenvalue weighted by Crippen LogP contribution is -1.97. The molecule has 5 rings (SSSR count). The Balaban J connectivity index is 1.36. The van der Waals surface area contributed by atoms with Crippen LogP contribution >= 0.6 is 69.7 Å². The normalized spacial score (nSPS) is 16.1. The summed E-state index contributed by atoms with van der Waals surface area (Å²) in [5, 5.41) is 9.46. The lowest BCUT2D eigenvalue weighted by molar-refractivity contribution is 1.19. The first-order chi connectivity index (χ1) is 12.3. The molecule has 126 valence electrons. The number of hydrogen-bond donors (Lipinski definition) is 2. The van der Waals surface area contributed by atoms with Crippen molar-refractivity contribution in [3.63, 3.8) is 0 Å². The second-order valence-electron chi connectivity index (χ2n) is 5.40. The van der Waals surface area contributed by atoms with Crippen LogP contribution in [0.5, 0.6) is 0 Å². The third-order valence-corrected chi connectivity index (χ3v) is 10.2. The van der Waals surface area contributed by atoms with Gasteiger partial charge in [-0.15, -0.1) is 34.0 Å². The molecule has 1 N–H and O–H groups in total. The Labute approximate surface area is 171 Å². The number of thioether (sulfide) groups is 1. The van der Waals surface area contributed by atoms with Crippen molar-refractivity contribution < 1.29 is 0 Å². The van der Waals surface area contributed by atoms with Crippen molar-refractivity contribution in [2.45, 2.75) is 16.2 Å². The maximum atomic E-state index is 4.85. The van der Waals surface area contributed by atoms with Crippen LogP contribution in [0.15, 0.2) is 46.8 Å². The number of hydrogen-bond acceptors (Lipinski definition) is 8. The second kappa shape index (κ2) is 6.75. The number of thiazole rings is 1. The molecule has 4 aromatic heterocycles. The van der Waals surface area contributed by atoms with Gasteiger partial charge >= 0.3 is 0 Å². The van der Waals surface area contributed by atoms with E-state index in [4.69, 9.17) is 4.98 Å². The molecular weight excluding hydrogens is 425 g/mol. The van der Waals surface area contributed by atoms with Crippen LogP contribution < -0.4 is 5.32 Å². The van der Waals surface area contributed by atoms with Crippen LogP contribution in [0.4, 0.5) is 5.00 Å². The van der Waals surface area contributed by atoms with Gasteiger partial charge in [-0.25, -0.2) is 4.98 Å². The summed E-state index contributed by atoms with van der Waals surface area (Å²) in [6.45, 7) is 0. The number of aromatic nitrogens is 1. The van der Waals surface area contributed by atoms with Crippen molar-refractivity contribution in [1.82, 2.24) is 4.98 Å². The molecule has 0 aromatic carbocycles. The highest BCUT2D eigenvalue weighted by atomic mass is 32.2. The van der Waals surface area contributed by atoms with Crippen molar-refractivity contribution in [3.05, 3.63) is 51.5 Å². The van der Waals surface area contributed by atoms with Crippen LogP contribution in [0.3, 0.4) is 0 Å². The van der Waals surface area contributed by atoms with Gasteiger partial charge in [-0.3, -0.25) is 0 Å². The topological polar surface area (TPSA) is 24.9 Å². The minimum atomic E-state index is 0.276. The van der Waals surface area contributed by atoms with E-state index >= 15 is 0 Å². The van der Waals surface area contributed by atoms with E-state index < -0.39 is 0 Å². The van der Waals surface area contributed by atoms with Gasteiger partial charge in [-0.2, -0.15) is 12.6 Å². The van der Waals surface area contributed by atoms with Crippen LogP contribution in [0, 0.1) is 0 Å². The van der Waals surface area contributed by atoms with Crippen molar-refractivity contribution >= 4 is 74.7 Å². The molecular formula is C17H12N2S6. The van der Waals surface area contributed by atoms with E-state index in [0.29, 0.717) is 0 Å². The van der Waals surface area contributed by atoms with Gasteiger partial charge in [-0.1, -0.05) is 29.2 Å². The van der Waals surface area contributed by atoms with Crippen LogP contribution in [0.1, 0.15) is 15.1 Å². The van der Waals surface area contributed by atoms with Crippen molar-refractivity contribution in [3.8, 4) is 19.6 Å². The van der Waals surface area contributed by atoms with E-state index in [1.54, 1.807) is 34.0 Å². The summed E-state index contributed by atoms with van der Waals surface area (Å²) >= 11 is 13.4. The molecule has 25 heavy (non-hydrogen) atoms. The number of thiol groups is 1. The number of nitrogens with one attached hydrogen (secondary N) is 1. The van der Waals surface area contributed by atoms with Gasteiger partial charge in [0.2, 0.25) is 0 Å². The first kappa shape index (κ1) is 16.4. The second-order valence-corrected chi connectivity index (χ2v) is 11.0. The lowest BCUT2D eigenvalue weighted by Gasteiger charge is -2.07. The quantitative estimate of drug-likeness (QED) is 0.328. The van der Waals surface area contributed by atoms with Crippen molar-refractivity contribution in [1.29, 1.82) is 0 Å². The van der Waals surface area contributed by atoms with Crippen LogP contribution in [-0.4, -0.2) is 4.98 Å². The fourth-order valence-corrected chi connectivity index (χ4v) is 8.07. The molecule has 1 aliphatic heterocycles. The number of anilines is 1. The molecule has 0 saturated heterocycles. The van der Waals surface area contributed by atoms with Crippen LogP contribution in [0.2, 0.25) is 0 Å². The Morgan fingerprint density at radius 1 is 1.00 bits per heavy atom. The lowest BCUT2D eigenvalue weighted by atomic mass is 10.3. The Kier molecular flexibility index (Phi) is 4.43. The first-order valence-corrected chi connectivity index (χ1v) is 12.4. The molecule has 0 spiro atoms. The van der Waals surface area contributed by atoms with E-state index in [-0.39, 0.29) is 5.37 Å². The zero-order chi connectivity index (χ0) is 16.8. The average molecular weight is 437 g/mol. The Morgan fingerprint density at radius 2 is 1.92 bits per heavy atom. The molecule has 0 aliphatic carbocycles. The molecule has 8 heteroatoms. The smallest absolute Gasteiger partial charge is 0.136 e. The molecule has 4 aromatic rings. The molecule has 5 heterocycles. The van der Waals surface area contributed by atoms with Crippen molar-refractivity contribution in [2.24, 2.45) is 0 Å². The molecule has 2 nitrogen and oxygen atoms in total. The molecule has 0 saturated carbocycles. The zero-order valence-corrected chi connectivity index (χ0v) is 17.7. The van der Waals surface area contributed by atoms with Gasteiger partial charge in [0.05, 0.1) is 4.88 Å². The molecule has 1 aliphatic rings. The predicted molar refractivity (Wildman–Crippen MR) is 118 cm³/mol. The fourth-order valence-electron chi connectivity index (χ4n) is 2.59. The average Bonchev–Trinajstić information content (AvgIpc) is 3.42. The van der Waals surface area contributed by atoms with Gasteiger partial charge in [0.1, 0.15) is 20.4 Å². The summed E-state index contributed by atoms with van der Waals surface area (Å²) in [6.07, 6.45) is 0. The standard InChI is InChI=1S/C17H12N2S6/c20-8-9-3-4-12(22-9)14-18-16-17(24-14)19-15(25-16)13-6-5-11(23-13)10-2-1-7-21-10/h1-7,15,19-20H,8H2.